The van der Waals surface area contributed by atoms with Gasteiger partial charge < -0.3 is 43.6 Å². The maximum Gasteiger partial charge on any atom is 0.413 e. The molecule has 2 aromatic heterocycles. The predicted octanol–water partition coefficient (Wildman–Crippen LogP) is 1.97. The first-order valence-electron chi connectivity index (χ1n) is 19.7. The SMILES string of the molecule is BOC(=O)C1=C(C[N+]2(CCNC(=O)c3cc(=O)c(OP)c[nH]3)CCCC2)CS[C@@H]2[C@H](NC(=O)/C(=N\OC(C)(C)C(=O)OC(C)(C)C)c3csc(NC(=O)OC(C)(C)C)n3)C(=O)N12. The van der Waals surface area contributed by atoms with Crippen molar-refractivity contribution in [1.29, 1.82) is 0 Å². The number of pyridine rings is 1. The lowest BCUT2D eigenvalue weighted by Crippen LogP contribution is -2.71. The van der Waals surface area contributed by atoms with Gasteiger partial charge in [-0.1, -0.05) is 5.16 Å². The van der Waals surface area contributed by atoms with E-state index in [9.17, 15) is 33.6 Å². The number of nitrogens with one attached hydrogen (secondary N) is 4. The van der Waals surface area contributed by atoms with Crippen molar-refractivity contribution in [2.75, 3.05) is 43.8 Å². The summed E-state index contributed by atoms with van der Waals surface area (Å²) in [6, 6.07) is 0.0533. The van der Waals surface area contributed by atoms with E-state index in [2.05, 4.69) is 31.1 Å². The number of nitrogens with zero attached hydrogens (tertiary/aromatic N) is 4. The fourth-order valence-electron chi connectivity index (χ4n) is 6.79. The number of amides is 4. The molecule has 4 amide bonds. The number of hydrogen-bond acceptors (Lipinski definition) is 16. The average Bonchev–Trinajstić information content (AvgIpc) is 3.84. The molecule has 0 bridgehead atoms. The van der Waals surface area contributed by atoms with E-state index < -0.39 is 75.1 Å². The Morgan fingerprint density at radius 2 is 1.73 bits per heavy atom. The van der Waals surface area contributed by atoms with E-state index in [0.29, 0.717) is 28.9 Å². The van der Waals surface area contributed by atoms with Crippen LogP contribution < -0.4 is 25.9 Å². The van der Waals surface area contributed by atoms with Crippen LogP contribution in [0.5, 0.6) is 5.75 Å². The van der Waals surface area contributed by atoms with E-state index in [4.69, 9.17) is 23.5 Å². The number of aromatic nitrogens is 2. The number of quaternary nitrogens is 1. The number of fused-ring (bicyclic) bond motifs is 1. The fraction of sp³-hybridized carbons (Fsp3) is 0.553. The van der Waals surface area contributed by atoms with Gasteiger partial charge in [0, 0.05) is 41.8 Å². The van der Waals surface area contributed by atoms with Gasteiger partial charge in [-0.15, -0.1) is 23.1 Å². The summed E-state index contributed by atoms with van der Waals surface area (Å²) >= 11 is 2.33. The molecule has 4 N–H and O–H groups in total. The van der Waals surface area contributed by atoms with Crippen LogP contribution in [0.1, 0.15) is 84.4 Å². The van der Waals surface area contributed by atoms with Crippen LogP contribution in [0.15, 0.2) is 38.9 Å². The topological polar surface area (TPSA) is 246 Å². The maximum atomic E-state index is 14.1. The van der Waals surface area contributed by atoms with Crippen molar-refractivity contribution in [3.63, 3.8) is 0 Å². The number of thioether (sulfide) groups is 1. The number of β-lactam (4-membered cyclic amide) rings is 1. The number of oxime groups is 1. The summed E-state index contributed by atoms with van der Waals surface area (Å²) in [6.45, 7) is 15.7. The second-order valence-electron chi connectivity index (χ2n) is 17.3. The molecule has 0 aliphatic carbocycles. The Balaban J connectivity index is 1.34. The summed E-state index contributed by atoms with van der Waals surface area (Å²) in [7, 11) is 3.21. The zero-order valence-electron chi connectivity index (χ0n) is 36.1. The fourth-order valence-corrected chi connectivity index (χ4v) is 8.99. The Kier molecular flexibility index (Phi) is 14.9. The van der Waals surface area contributed by atoms with Gasteiger partial charge in [0.1, 0.15) is 46.2 Å². The summed E-state index contributed by atoms with van der Waals surface area (Å²) in [6.07, 6.45) is 2.37. The van der Waals surface area contributed by atoms with Crippen molar-refractivity contribution in [2.45, 2.75) is 96.5 Å². The molecule has 62 heavy (non-hydrogen) atoms. The van der Waals surface area contributed by atoms with Crippen LogP contribution in [-0.4, -0.2) is 136 Å². The predicted molar refractivity (Wildman–Crippen MR) is 235 cm³/mol. The summed E-state index contributed by atoms with van der Waals surface area (Å²) in [5.74, 6) is -2.98. The third kappa shape index (κ3) is 11.7. The van der Waals surface area contributed by atoms with Crippen LogP contribution >= 0.6 is 32.6 Å². The number of hydrogen-bond donors (Lipinski definition) is 4. The van der Waals surface area contributed by atoms with Crippen molar-refractivity contribution in [3.8, 4) is 5.75 Å². The average molecular weight is 920 g/mol. The number of anilines is 1. The molecule has 24 heteroatoms. The zero-order valence-corrected chi connectivity index (χ0v) is 38.9. The van der Waals surface area contributed by atoms with E-state index in [1.165, 1.54) is 50.1 Å². The highest BCUT2D eigenvalue weighted by Crippen LogP contribution is 2.42. The summed E-state index contributed by atoms with van der Waals surface area (Å²) in [4.78, 5) is 106. The third-order valence-electron chi connectivity index (χ3n) is 9.70. The summed E-state index contributed by atoms with van der Waals surface area (Å²) < 4.78 is 21.4. The second-order valence-corrected chi connectivity index (χ2v) is 19.5. The van der Waals surface area contributed by atoms with Crippen LogP contribution in [0.2, 0.25) is 0 Å². The molecule has 3 aliphatic heterocycles. The van der Waals surface area contributed by atoms with Crippen LogP contribution in [0.25, 0.3) is 0 Å². The molecule has 336 valence electrons. The second kappa shape index (κ2) is 19.2. The Hall–Kier alpha value is -4.99. The molecule has 3 atom stereocenters. The number of H-pyrrole nitrogens is 1. The Morgan fingerprint density at radius 1 is 1.05 bits per heavy atom. The van der Waals surface area contributed by atoms with Crippen LogP contribution in [0, 0.1) is 0 Å². The van der Waals surface area contributed by atoms with Crippen LogP contribution in [0.4, 0.5) is 9.93 Å². The van der Waals surface area contributed by atoms with Gasteiger partial charge in [0.15, 0.2) is 16.6 Å². The molecule has 0 spiro atoms. The Morgan fingerprint density at radius 3 is 2.34 bits per heavy atom. The molecular weight excluding hydrogens is 866 g/mol. The minimum Gasteiger partial charge on any atom is -0.539 e. The number of thiazole rings is 1. The van der Waals surface area contributed by atoms with Gasteiger partial charge in [0.25, 0.3) is 17.7 Å². The van der Waals surface area contributed by atoms with Crippen molar-refractivity contribution in [1.82, 2.24) is 25.5 Å². The smallest absolute Gasteiger partial charge is 0.413 e. The highest BCUT2D eigenvalue weighted by atomic mass is 32.2. The minimum absolute atomic E-state index is 0.0387. The van der Waals surface area contributed by atoms with Crippen molar-refractivity contribution >= 4 is 87.2 Å². The van der Waals surface area contributed by atoms with E-state index in [1.807, 2.05) is 9.47 Å². The Labute approximate surface area is 369 Å². The summed E-state index contributed by atoms with van der Waals surface area (Å²) in [5.41, 5.74) is -3.33. The molecule has 0 radical (unpaired) electrons. The number of ether oxygens (including phenoxy) is 2. The van der Waals surface area contributed by atoms with E-state index in [1.54, 1.807) is 41.5 Å². The van der Waals surface area contributed by atoms with Gasteiger partial charge in [-0.3, -0.25) is 29.4 Å². The van der Waals surface area contributed by atoms with E-state index in [-0.39, 0.29) is 34.5 Å². The molecule has 1 unspecified atom stereocenters. The van der Waals surface area contributed by atoms with E-state index >= 15 is 0 Å². The highest BCUT2D eigenvalue weighted by Gasteiger charge is 2.55. The molecular formula is C38H53BN8O12PS2+. The molecule has 0 saturated carbocycles. The number of carbonyl (C=O) groups excluding carboxylic acids is 6. The number of aromatic amines is 1. The van der Waals surface area contributed by atoms with Gasteiger partial charge >= 0.3 is 26.1 Å². The lowest BCUT2D eigenvalue weighted by Gasteiger charge is -2.50. The molecule has 2 fully saturated rings. The molecule has 5 heterocycles. The zero-order chi connectivity index (χ0) is 45.8. The lowest BCUT2D eigenvalue weighted by atomic mass is 10.0. The minimum atomic E-state index is -1.66. The Bertz CT molecular complexity index is 2210. The third-order valence-corrected chi connectivity index (χ3v) is 12.1. The first-order valence-corrected chi connectivity index (χ1v) is 22.1. The standard InChI is InChI=1S/C38H52BN8O12PS2/c1-36(2,3)55-33(53)38(7,8)59-45-25(22-19-62-34(42-22)44-35(54)56-37(4,5)6)29(50)43-26-30(51)46-27(32(52)57-39)20(18-61-31(26)46)17-47(12-9-10-13-47)14-11-40-28(49)21-15-23(48)24(58-60)16-41-21/h15-16,19,26,31H,9-14,17-18,39,60H2,1-8H3,(H3-,40,41,42,43,44,48,49,50,54)/p+1/b45-25-/t26-,31-/m1/s1. The largest absolute Gasteiger partial charge is 0.539 e. The molecule has 5 rings (SSSR count). The molecule has 2 aromatic rings. The number of rotatable bonds is 15. The summed E-state index contributed by atoms with van der Waals surface area (Å²) in [5, 5.41) is 13.0. The van der Waals surface area contributed by atoms with Crippen molar-refractivity contribution in [2.24, 2.45) is 5.16 Å². The first kappa shape index (κ1) is 48.1. The van der Waals surface area contributed by atoms with Gasteiger partial charge in [0.2, 0.25) is 11.0 Å². The van der Waals surface area contributed by atoms with Gasteiger partial charge in [-0.05, 0) is 55.4 Å². The number of likely N-dealkylation sites (tertiary alicyclic amines) is 1. The molecule has 0 aromatic carbocycles. The monoisotopic (exact) mass is 919 g/mol. The first-order chi connectivity index (χ1) is 29.0. The van der Waals surface area contributed by atoms with E-state index in [0.717, 1.165) is 43.3 Å². The normalized spacial score (nSPS) is 18.8. The molecule has 2 saturated heterocycles. The number of carbonyl (C=O) groups is 6. The molecule has 3 aliphatic rings. The van der Waals surface area contributed by atoms with Crippen LogP contribution in [0.3, 0.4) is 0 Å². The van der Waals surface area contributed by atoms with Gasteiger partial charge in [-0.25, -0.2) is 19.4 Å². The quantitative estimate of drug-likeness (QED) is 0.0380. The number of esters is 1. The van der Waals surface area contributed by atoms with Gasteiger partial charge in [0.05, 0.1) is 35.6 Å². The lowest BCUT2D eigenvalue weighted by molar-refractivity contribution is -0.911. The van der Waals surface area contributed by atoms with Crippen LogP contribution in [-0.2, 0) is 38.1 Å². The molecule has 20 nitrogen and oxygen atoms in total. The van der Waals surface area contributed by atoms with Crippen molar-refractivity contribution in [3.05, 3.63) is 50.5 Å². The maximum absolute atomic E-state index is 14.1. The van der Waals surface area contributed by atoms with Gasteiger partial charge in [-0.2, -0.15) is 0 Å². The van der Waals surface area contributed by atoms with Crippen molar-refractivity contribution < 1.29 is 56.7 Å². The highest BCUT2D eigenvalue weighted by molar-refractivity contribution is 8.00.